The van der Waals surface area contributed by atoms with Crippen LogP contribution in [0.4, 0.5) is 0 Å². The molecule has 0 saturated carbocycles. The van der Waals surface area contributed by atoms with Crippen LogP contribution in [0.1, 0.15) is 0 Å². The number of aliphatic carboxylic acids is 2. The van der Waals surface area contributed by atoms with Gasteiger partial charge in [-0.2, -0.15) is 0 Å². The predicted octanol–water partition coefficient (Wildman–Crippen LogP) is -2.09. The quantitative estimate of drug-likeness (QED) is 0.338. The molecular formula is C3H4NO6S-. The third-order valence-electron chi connectivity index (χ3n) is 0.708. The zero-order valence-electron chi connectivity index (χ0n) is 5.01. The Balaban J connectivity index is 4.23. The van der Waals surface area contributed by atoms with E-state index in [4.69, 9.17) is 10.2 Å². The minimum absolute atomic E-state index is 1.30. The minimum Gasteiger partial charge on any atom is -0.760 e. The molecule has 0 fully saturated rings. The van der Waals surface area contributed by atoms with E-state index >= 15 is 0 Å². The second-order valence-electron chi connectivity index (χ2n) is 1.46. The Bertz CT molecular complexity index is 188. The fourth-order valence-electron chi connectivity index (χ4n) is 0.303. The highest BCUT2D eigenvalue weighted by atomic mass is 32.2. The normalized spacial score (nSPS) is 12.9. The van der Waals surface area contributed by atoms with Crippen LogP contribution in [0, 0.1) is 0 Å². The Morgan fingerprint density at radius 2 is 1.73 bits per heavy atom. The predicted molar refractivity (Wildman–Crippen MR) is 31.1 cm³/mol. The van der Waals surface area contributed by atoms with Gasteiger partial charge >= 0.3 is 11.9 Å². The van der Waals surface area contributed by atoms with Crippen molar-refractivity contribution in [2.24, 2.45) is 0 Å². The van der Waals surface area contributed by atoms with E-state index in [-0.39, 0.29) is 0 Å². The summed E-state index contributed by atoms with van der Waals surface area (Å²) in [7, 11) is 0. The molecule has 0 saturated heterocycles. The van der Waals surface area contributed by atoms with Crippen molar-refractivity contribution in [1.29, 1.82) is 0 Å². The van der Waals surface area contributed by atoms with Gasteiger partial charge in [-0.05, 0) is 0 Å². The van der Waals surface area contributed by atoms with Crippen molar-refractivity contribution in [3.8, 4) is 0 Å². The molecule has 0 aromatic carbocycles. The molecule has 8 heteroatoms. The number of carboxylic acids is 2. The highest BCUT2D eigenvalue weighted by Gasteiger charge is 2.24. The first-order valence-electron chi connectivity index (χ1n) is 2.26. The molecule has 0 aromatic rings. The second kappa shape index (κ2) is 4.01. The molecule has 7 nitrogen and oxygen atoms in total. The van der Waals surface area contributed by atoms with E-state index in [1.165, 1.54) is 4.72 Å². The molecule has 0 spiro atoms. The zero-order valence-corrected chi connectivity index (χ0v) is 5.83. The lowest BCUT2D eigenvalue weighted by atomic mass is 10.3. The van der Waals surface area contributed by atoms with Crippen molar-refractivity contribution >= 4 is 23.2 Å². The molecule has 1 atom stereocenters. The summed E-state index contributed by atoms with van der Waals surface area (Å²) in [5.41, 5.74) is 0. The van der Waals surface area contributed by atoms with Crippen LogP contribution in [0.2, 0.25) is 0 Å². The van der Waals surface area contributed by atoms with Crippen LogP contribution in [-0.2, 0) is 20.9 Å². The van der Waals surface area contributed by atoms with Gasteiger partial charge in [-0.15, -0.1) is 0 Å². The van der Waals surface area contributed by atoms with Gasteiger partial charge in [-0.3, -0.25) is 4.21 Å². The molecule has 0 rings (SSSR count). The summed E-state index contributed by atoms with van der Waals surface area (Å²) < 4.78 is 20.9. The number of hydrogen-bond donors (Lipinski definition) is 3. The van der Waals surface area contributed by atoms with Crippen LogP contribution < -0.4 is 4.72 Å². The Morgan fingerprint density at radius 1 is 1.36 bits per heavy atom. The van der Waals surface area contributed by atoms with Crippen molar-refractivity contribution < 1.29 is 28.6 Å². The lowest BCUT2D eigenvalue weighted by molar-refractivity contribution is -0.150. The molecular weight excluding hydrogens is 178 g/mol. The third-order valence-corrected chi connectivity index (χ3v) is 1.14. The summed E-state index contributed by atoms with van der Waals surface area (Å²) in [6.07, 6.45) is 0. The highest BCUT2D eigenvalue weighted by Crippen LogP contribution is 1.84. The SMILES string of the molecule is O=C(O)C(NS(=O)[O-])C(=O)O. The largest absolute Gasteiger partial charge is 0.760 e. The van der Waals surface area contributed by atoms with Crippen LogP contribution in [-0.4, -0.2) is 37.0 Å². The van der Waals surface area contributed by atoms with E-state index in [1.807, 2.05) is 0 Å². The summed E-state index contributed by atoms with van der Waals surface area (Å²) in [5.74, 6) is -3.52. The van der Waals surface area contributed by atoms with Gasteiger partial charge in [0.15, 0.2) is 0 Å². The molecule has 0 aromatic heterocycles. The lowest BCUT2D eigenvalue weighted by Crippen LogP contribution is -2.43. The average molecular weight is 182 g/mol. The first-order valence-corrected chi connectivity index (χ1v) is 3.33. The van der Waals surface area contributed by atoms with Gasteiger partial charge in [-0.25, -0.2) is 14.3 Å². The van der Waals surface area contributed by atoms with Crippen LogP contribution in [0.5, 0.6) is 0 Å². The van der Waals surface area contributed by atoms with Crippen molar-refractivity contribution in [3.63, 3.8) is 0 Å². The fraction of sp³-hybridized carbons (Fsp3) is 0.333. The van der Waals surface area contributed by atoms with Crippen molar-refractivity contribution in [3.05, 3.63) is 0 Å². The lowest BCUT2D eigenvalue weighted by Gasteiger charge is -2.10. The maximum absolute atomic E-state index is 9.96. The Labute approximate surface area is 63.4 Å². The van der Waals surface area contributed by atoms with E-state index in [1.54, 1.807) is 0 Å². The Kier molecular flexibility index (Phi) is 3.65. The van der Waals surface area contributed by atoms with E-state index in [0.29, 0.717) is 0 Å². The molecule has 0 aliphatic carbocycles. The number of carbonyl (C=O) groups is 2. The molecule has 0 bridgehead atoms. The monoisotopic (exact) mass is 182 g/mol. The first-order chi connectivity index (χ1) is 4.95. The van der Waals surface area contributed by atoms with Gasteiger partial charge in [0.25, 0.3) is 0 Å². The molecule has 0 aliphatic rings. The topological polar surface area (TPSA) is 127 Å². The summed E-state index contributed by atoms with van der Waals surface area (Å²) in [6.45, 7) is 0. The smallest absolute Gasteiger partial charge is 0.333 e. The molecule has 0 amide bonds. The average Bonchev–Trinajstić information content (AvgIpc) is 1.81. The molecule has 0 aliphatic heterocycles. The molecule has 0 radical (unpaired) electrons. The van der Waals surface area contributed by atoms with Crippen molar-refractivity contribution in [2.75, 3.05) is 0 Å². The maximum Gasteiger partial charge on any atom is 0.333 e. The molecule has 1 unspecified atom stereocenters. The van der Waals surface area contributed by atoms with Crippen LogP contribution in [0.3, 0.4) is 0 Å². The van der Waals surface area contributed by atoms with E-state index in [0.717, 1.165) is 0 Å². The third kappa shape index (κ3) is 3.65. The van der Waals surface area contributed by atoms with E-state index in [2.05, 4.69) is 0 Å². The van der Waals surface area contributed by atoms with Gasteiger partial charge in [0.1, 0.15) is 0 Å². The number of rotatable bonds is 4. The summed E-state index contributed by atoms with van der Waals surface area (Å²) in [6, 6.07) is -2.12. The zero-order chi connectivity index (χ0) is 9.02. The van der Waals surface area contributed by atoms with Crippen molar-refractivity contribution in [1.82, 2.24) is 4.72 Å². The fourth-order valence-corrected chi connectivity index (χ4v) is 0.697. The van der Waals surface area contributed by atoms with Gasteiger partial charge in [0.2, 0.25) is 6.04 Å². The summed E-state index contributed by atoms with van der Waals surface area (Å²) in [4.78, 5) is 19.9. The molecule has 3 N–H and O–H groups in total. The van der Waals surface area contributed by atoms with Gasteiger partial charge < -0.3 is 14.8 Å². The second-order valence-corrected chi connectivity index (χ2v) is 2.17. The van der Waals surface area contributed by atoms with E-state index < -0.39 is 29.2 Å². The van der Waals surface area contributed by atoms with E-state index in [9.17, 15) is 18.4 Å². The number of nitrogens with one attached hydrogen (secondary N) is 1. The standard InChI is InChI=1S/C3H5NO6S/c5-2(6)1(3(7)8)4-11(9)10/h1,4H,(H,5,6)(H,7,8)(H,9,10)/p-1. The molecule has 11 heavy (non-hydrogen) atoms. The van der Waals surface area contributed by atoms with Gasteiger partial charge in [-0.1, -0.05) is 0 Å². The molecule has 64 valence electrons. The Hall–Kier alpha value is -0.990. The Morgan fingerprint density at radius 3 is 1.82 bits per heavy atom. The first kappa shape index (κ1) is 10.0. The summed E-state index contributed by atoms with van der Waals surface area (Å²) in [5, 5.41) is 16.2. The van der Waals surface area contributed by atoms with Gasteiger partial charge in [0, 0.05) is 11.3 Å². The molecule has 0 heterocycles. The van der Waals surface area contributed by atoms with Crippen molar-refractivity contribution in [2.45, 2.75) is 6.04 Å². The number of carboxylic acid groups (broad SMARTS) is 2. The van der Waals surface area contributed by atoms with Gasteiger partial charge in [0.05, 0.1) is 0 Å². The minimum atomic E-state index is -2.90. The highest BCUT2D eigenvalue weighted by molar-refractivity contribution is 7.77. The van der Waals surface area contributed by atoms with Crippen LogP contribution >= 0.6 is 0 Å². The van der Waals surface area contributed by atoms with Crippen LogP contribution in [0.15, 0.2) is 0 Å². The number of hydrogen-bond acceptors (Lipinski definition) is 4. The summed E-state index contributed by atoms with van der Waals surface area (Å²) >= 11 is -2.90. The van der Waals surface area contributed by atoms with Crippen LogP contribution in [0.25, 0.3) is 0 Å². The maximum atomic E-state index is 9.96.